The van der Waals surface area contributed by atoms with Crippen LogP contribution in [-0.4, -0.2) is 149 Å². The maximum absolute atomic E-state index is 14.7. The first-order valence-corrected chi connectivity index (χ1v) is 24.7. The van der Waals surface area contributed by atoms with E-state index in [1.165, 1.54) is 17.1 Å². The highest BCUT2D eigenvalue weighted by atomic mass is 16.5. The predicted octanol–water partition coefficient (Wildman–Crippen LogP) is 4.40. The second kappa shape index (κ2) is 24.1. The van der Waals surface area contributed by atoms with E-state index in [0.717, 1.165) is 19.3 Å². The van der Waals surface area contributed by atoms with E-state index in [2.05, 4.69) is 17.6 Å². The number of aliphatic hydroxyl groups excluding tert-OH is 1. The molecule has 372 valence electrons. The highest BCUT2D eigenvalue weighted by Crippen LogP contribution is 2.47. The Morgan fingerprint density at radius 2 is 1.55 bits per heavy atom. The number of carbonyl (C=O) groups excluding carboxylic acids is 7. The van der Waals surface area contributed by atoms with E-state index in [1.54, 1.807) is 49.8 Å². The number of hydrogen-bond donors (Lipinski definition) is 3. The zero-order valence-electron chi connectivity index (χ0n) is 41.5. The van der Waals surface area contributed by atoms with Gasteiger partial charge in [-0.1, -0.05) is 84.7 Å². The highest BCUT2D eigenvalue weighted by molar-refractivity contribution is 6.12. The zero-order valence-corrected chi connectivity index (χ0v) is 41.5. The standard InChI is InChI=1S/C51H78N6O10/c1-11-31(4)45(39(66-9)29-43(61)55-28-18-21-38(55)48(67-10)33(6)49(63)52-34(7)47(62)35-19-14-12-15-20-35)54(8)51(65)44(30(2)3)53-50(64)46-36-23-24-37(32(36)5)57(46)42(60)22-16-13-17-27-56-40(58)25-26-41(56)59/h12,14-15,19-20,25-26,30-34,36-39,44-48,62H,11,13,16-18,21-24,27-29H2,1-10H3,(H,52,63)(H,53,64)/t31-,32-,33+,34+,36-,37-,38-,39+,44-,45-,46-,47+,48+/m0/s1. The summed E-state index contributed by atoms with van der Waals surface area (Å²) in [5.74, 6) is -2.83. The molecule has 0 aromatic heterocycles. The molecular weight excluding hydrogens is 857 g/mol. The SMILES string of the molecule is CC[C@H](C)[C@@H]([C@@H](CC(=O)N1CCC[C@H]1[C@H](OC)[C@@H](C)C(=O)N[C@H](C)[C@@H](O)c1ccccc1)OC)N(C)C(=O)[C@@H](NC(=O)[C@@H]1[C@H]2CC[C@@H]([C@H]2C)N1C(=O)CCCCCN1C(=O)C=CC1=O)C(C)C. The van der Waals surface area contributed by atoms with Crippen LogP contribution in [0.1, 0.15) is 124 Å². The van der Waals surface area contributed by atoms with Crippen LogP contribution in [-0.2, 0) is 43.0 Å². The summed E-state index contributed by atoms with van der Waals surface area (Å²) >= 11 is 0. The Labute approximate surface area is 397 Å². The summed E-state index contributed by atoms with van der Waals surface area (Å²) in [6, 6.07) is 5.96. The molecule has 67 heavy (non-hydrogen) atoms. The first kappa shape index (κ1) is 53.3. The van der Waals surface area contributed by atoms with Crippen molar-refractivity contribution in [2.45, 2.75) is 167 Å². The van der Waals surface area contributed by atoms with Gasteiger partial charge in [-0.2, -0.15) is 0 Å². The number of benzene rings is 1. The number of unbranched alkanes of at least 4 members (excludes halogenated alkanes) is 2. The molecule has 4 aliphatic rings. The largest absolute Gasteiger partial charge is 0.386 e. The second-order valence-electron chi connectivity index (χ2n) is 19.9. The molecule has 5 rings (SSSR count). The fraction of sp³-hybridized carbons (Fsp3) is 0.706. The van der Waals surface area contributed by atoms with Gasteiger partial charge in [0.2, 0.25) is 29.5 Å². The summed E-state index contributed by atoms with van der Waals surface area (Å²) < 4.78 is 12.0. The Balaban J connectivity index is 1.23. The minimum Gasteiger partial charge on any atom is -0.386 e. The molecule has 16 heteroatoms. The van der Waals surface area contributed by atoms with Crippen molar-refractivity contribution >= 4 is 41.4 Å². The number of methoxy groups -OCH3 is 2. The number of nitrogens with one attached hydrogen (secondary N) is 2. The summed E-state index contributed by atoms with van der Waals surface area (Å²) in [6.45, 7) is 14.2. The molecule has 3 N–H and O–H groups in total. The van der Waals surface area contributed by atoms with Crippen LogP contribution in [0.3, 0.4) is 0 Å². The number of likely N-dealkylation sites (tertiary alicyclic amines) is 2. The number of nitrogens with zero attached hydrogens (tertiary/aromatic N) is 4. The van der Waals surface area contributed by atoms with Gasteiger partial charge >= 0.3 is 0 Å². The van der Waals surface area contributed by atoms with Gasteiger partial charge in [-0.05, 0) is 74.7 Å². The Morgan fingerprint density at radius 3 is 2.16 bits per heavy atom. The number of carbonyl (C=O) groups is 7. The summed E-state index contributed by atoms with van der Waals surface area (Å²) in [5, 5.41) is 17.0. The van der Waals surface area contributed by atoms with Gasteiger partial charge in [0.15, 0.2) is 0 Å². The van der Waals surface area contributed by atoms with Crippen molar-refractivity contribution in [3.8, 4) is 0 Å². The summed E-state index contributed by atoms with van der Waals surface area (Å²) in [6.07, 6.45) is 5.96. The molecule has 1 aromatic rings. The molecule has 3 aliphatic heterocycles. The first-order valence-electron chi connectivity index (χ1n) is 24.7. The Bertz CT molecular complexity index is 1910. The minimum absolute atomic E-state index is 0.0263. The lowest BCUT2D eigenvalue weighted by atomic mass is 9.89. The van der Waals surface area contributed by atoms with Crippen LogP contribution in [0, 0.1) is 29.6 Å². The fourth-order valence-corrected chi connectivity index (χ4v) is 11.2. The molecule has 0 spiro atoms. The topological polar surface area (TPSA) is 195 Å². The van der Waals surface area contributed by atoms with Crippen LogP contribution >= 0.6 is 0 Å². The number of likely N-dealkylation sites (N-methyl/N-ethyl adjacent to an activating group) is 1. The lowest BCUT2D eigenvalue weighted by molar-refractivity contribution is -0.149. The van der Waals surface area contributed by atoms with E-state index in [1.807, 2.05) is 58.0 Å². The van der Waals surface area contributed by atoms with Crippen LogP contribution in [0.15, 0.2) is 42.5 Å². The average molecular weight is 935 g/mol. The predicted molar refractivity (Wildman–Crippen MR) is 253 cm³/mol. The van der Waals surface area contributed by atoms with Crippen molar-refractivity contribution in [1.29, 1.82) is 0 Å². The average Bonchev–Trinajstić information content (AvgIpc) is 4.10. The van der Waals surface area contributed by atoms with E-state index in [-0.39, 0.29) is 89.9 Å². The summed E-state index contributed by atoms with van der Waals surface area (Å²) in [7, 11) is 4.79. The Morgan fingerprint density at radius 1 is 0.881 bits per heavy atom. The van der Waals surface area contributed by atoms with Crippen molar-refractivity contribution in [1.82, 2.24) is 30.2 Å². The minimum atomic E-state index is -0.913. The van der Waals surface area contributed by atoms with Crippen molar-refractivity contribution in [3.63, 3.8) is 0 Å². The number of ether oxygens (including phenoxy) is 2. The molecule has 3 heterocycles. The van der Waals surface area contributed by atoms with Crippen molar-refractivity contribution in [2.24, 2.45) is 29.6 Å². The summed E-state index contributed by atoms with van der Waals surface area (Å²) in [4.78, 5) is 101. The van der Waals surface area contributed by atoms with Gasteiger partial charge in [-0.25, -0.2) is 0 Å². The van der Waals surface area contributed by atoms with Gasteiger partial charge < -0.3 is 39.9 Å². The Hall–Kier alpha value is -4.67. The number of imide groups is 1. The van der Waals surface area contributed by atoms with E-state index >= 15 is 0 Å². The number of hydrogen-bond acceptors (Lipinski definition) is 10. The monoisotopic (exact) mass is 935 g/mol. The second-order valence-corrected chi connectivity index (χ2v) is 19.9. The van der Waals surface area contributed by atoms with Gasteiger partial charge in [-0.3, -0.25) is 38.5 Å². The Kier molecular flexibility index (Phi) is 19.1. The normalized spacial score (nSPS) is 24.9. The summed E-state index contributed by atoms with van der Waals surface area (Å²) in [5.41, 5.74) is 0.692. The van der Waals surface area contributed by atoms with Crippen LogP contribution in [0.25, 0.3) is 0 Å². The van der Waals surface area contributed by atoms with Crippen molar-refractivity contribution in [2.75, 3.05) is 34.4 Å². The number of aliphatic hydroxyl groups is 1. The van der Waals surface area contributed by atoms with E-state index in [0.29, 0.717) is 50.8 Å². The number of rotatable bonds is 24. The molecule has 1 saturated carbocycles. The maximum atomic E-state index is 14.7. The molecule has 16 nitrogen and oxygen atoms in total. The molecule has 0 radical (unpaired) electrons. The van der Waals surface area contributed by atoms with Crippen LogP contribution in [0.2, 0.25) is 0 Å². The third kappa shape index (κ3) is 12.1. The van der Waals surface area contributed by atoms with Gasteiger partial charge in [0.1, 0.15) is 12.1 Å². The van der Waals surface area contributed by atoms with Crippen LogP contribution in [0.4, 0.5) is 0 Å². The third-order valence-corrected chi connectivity index (χ3v) is 15.3. The third-order valence-electron chi connectivity index (χ3n) is 15.3. The molecule has 2 bridgehead atoms. The van der Waals surface area contributed by atoms with Gasteiger partial charge in [0.25, 0.3) is 11.8 Å². The van der Waals surface area contributed by atoms with Gasteiger partial charge in [0, 0.05) is 59.0 Å². The molecule has 0 unspecified atom stereocenters. The molecular formula is C51H78N6O10. The first-order chi connectivity index (χ1) is 31.9. The van der Waals surface area contributed by atoms with Gasteiger partial charge in [-0.15, -0.1) is 0 Å². The van der Waals surface area contributed by atoms with E-state index < -0.39 is 48.4 Å². The van der Waals surface area contributed by atoms with Crippen LogP contribution in [0.5, 0.6) is 0 Å². The van der Waals surface area contributed by atoms with E-state index in [4.69, 9.17) is 9.47 Å². The van der Waals surface area contributed by atoms with Gasteiger partial charge in [0.05, 0.1) is 48.8 Å². The highest BCUT2D eigenvalue weighted by Gasteiger charge is 2.56. The zero-order chi connectivity index (χ0) is 49.3. The lowest BCUT2D eigenvalue weighted by Crippen LogP contribution is -2.60. The molecule has 1 aliphatic carbocycles. The lowest BCUT2D eigenvalue weighted by Gasteiger charge is -2.41. The molecule has 2 saturated heterocycles. The fourth-order valence-electron chi connectivity index (χ4n) is 11.2. The molecule has 3 fully saturated rings. The maximum Gasteiger partial charge on any atom is 0.253 e. The van der Waals surface area contributed by atoms with E-state index in [9.17, 15) is 38.7 Å². The van der Waals surface area contributed by atoms with Crippen molar-refractivity contribution < 1.29 is 48.1 Å². The molecule has 7 amide bonds. The van der Waals surface area contributed by atoms with Crippen LogP contribution < -0.4 is 10.6 Å². The molecule has 13 atom stereocenters. The number of amides is 7. The number of piperidine rings is 1. The smallest absolute Gasteiger partial charge is 0.253 e. The van der Waals surface area contributed by atoms with Crippen molar-refractivity contribution in [3.05, 3.63) is 48.0 Å². The quantitative estimate of drug-likeness (QED) is 0.0989. The number of fused-ring (bicyclic) bond motifs is 2. The molecule has 1 aromatic carbocycles.